The van der Waals surface area contributed by atoms with E-state index in [-0.39, 0.29) is 5.02 Å². The van der Waals surface area contributed by atoms with Gasteiger partial charge in [0.25, 0.3) is 0 Å². The summed E-state index contributed by atoms with van der Waals surface area (Å²) in [7, 11) is 1.62. The van der Waals surface area contributed by atoms with Crippen LogP contribution in [0.4, 0.5) is 4.39 Å². The lowest BCUT2D eigenvalue weighted by Crippen LogP contribution is -2.00. The van der Waals surface area contributed by atoms with Crippen LogP contribution in [-0.2, 0) is 6.54 Å². The Morgan fingerprint density at radius 3 is 2.67 bits per heavy atom. The van der Waals surface area contributed by atoms with Crippen molar-refractivity contribution in [1.82, 2.24) is 9.55 Å². The van der Waals surface area contributed by atoms with Crippen molar-refractivity contribution in [3.63, 3.8) is 0 Å². The van der Waals surface area contributed by atoms with Crippen LogP contribution in [0.15, 0.2) is 36.4 Å². The molecule has 1 aromatic heterocycles. The molecule has 0 aliphatic carbocycles. The number of aromatic amines is 1. The Morgan fingerprint density at radius 1 is 1.29 bits per heavy atom. The molecular weight excluding hydrogens is 311 g/mol. The fraction of sp³-hybridized carbons (Fsp3) is 0.133. The maximum Gasteiger partial charge on any atom is 0.178 e. The molecule has 1 heterocycles. The number of halogens is 2. The second-order valence-electron chi connectivity index (χ2n) is 4.65. The summed E-state index contributed by atoms with van der Waals surface area (Å²) < 4.78 is 21.2. The number of rotatable bonds is 3. The molecule has 0 atom stereocenters. The minimum absolute atomic E-state index is 0.0790. The van der Waals surface area contributed by atoms with Crippen molar-refractivity contribution in [2.45, 2.75) is 6.54 Å². The first-order valence-corrected chi connectivity index (χ1v) is 7.07. The van der Waals surface area contributed by atoms with E-state index in [1.165, 1.54) is 6.07 Å². The van der Waals surface area contributed by atoms with Gasteiger partial charge in [0.15, 0.2) is 4.77 Å². The number of fused-ring (bicyclic) bond motifs is 1. The molecule has 3 rings (SSSR count). The van der Waals surface area contributed by atoms with E-state index in [2.05, 4.69) is 4.98 Å². The molecule has 0 saturated heterocycles. The summed E-state index contributed by atoms with van der Waals surface area (Å²) in [4.78, 5) is 3.04. The lowest BCUT2D eigenvalue weighted by atomic mass is 10.2. The molecule has 3 aromatic rings. The summed E-state index contributed by atoms with van der Waals surface area (Å²) in [5.41, 5.74) is 2.46. The quantitative estimate of drug-likeness (QED) is 0.717. The van der Waals surface area contributed by atoms with E-state index in [4.69, 9.17) is 28.6 Å². The van der Waals surface area contributed by atoms with Crippen molar-refractivity contribution in [2.24, 2.45) is 0 Å². The number of H-pyrrole nitrogens is 1. The van der Waals surface area contributed by atoms with Crippen molar-refractivity contribution in [3.8, 4) is 5.75 Å². The number of hydrogen-bond acceptors (Lipinski definition) is 2. The molecule has 0 amide bonds. The molecular formula is C15H12ClFN2OS. The second-order valence-corrected chi connectivity index (χ2v) is 5.44. The third kappa shape index (κ3) is 2.66. The molecule has 0 bridgehead atoms. The minimum atomic E-state index is -0.457. The summed E-state index contributed by atoms with van der Waals surface area (Å²) in [6.07, 6.45) is 0. The molecule has 1 N–H and O–H groups in total. The SMILES string of the molecule is COc1ccc(Cn2c(=S)[nH]c3cc(Cl)c(F)cc32)cc1. The van der Waals surface area contributed by atoms with Crippen LogP contribution in [0.3, 0.4) is 0 Å². The molecule has 108 valence electrons. The van der Waals surface area contributed by atoms with Gasteiger partial charge in [-0.05, 0) is 36.0 Å². The monoisotopic (exact) mass is 322 g/mol. The maximum absolute atomic E-state index is 13.7. The molecule has 21 heavy (non-hydrogen) atoms. The number of aromatic nitrogens is 2. The topological polar surface area (TPSA) is 29.9 Å². The molecule has 0 radical (unpaired) electrons. The average molecular weight is 323 g/mol. The normalized spacial score (nSPS) is 11.0. The minimum Gasteiger partial charge on any atom is -0.497 e. The van der Waals surface area contributed by atoms with Gasteiger partial charge in [-0.2, -0.15) is 0 Å². The van der Waals surface area contributed by atoms with E-state index in [0.717, 1.165) is 16.8 Å². The Bertz CT molecular complexity index is 854. The molecule has 2 aromatic carbocycles. The molecule has 6 heteroatoms. The van der Waals surface area contributed by atoms with E-state index in [1.807, 2.05) is 28.8 Å². The Balaban J connectivity index is 2.05. The summed E-state index contributed by atoms with van der Waals surface area (Å²) in [5, 5.41) is 0.0790. The van der Waals surface area contributed by atoms with Crippen LogP contribution in [0.2, 0.25) is 5.02 Å². The summed E-state index contributed by atoms with van der Waals surface area (Å²) in [5.74, 6) is 0.334. The third-order valence-electron chi connectivity index (χ3n) is 3.32. The van der Waals surface area contributed by atoms with E-state index in [9.17, 15) is 4.39 Å². The predicted molar refractivity (Wildman–Crippen MR) is 84.2 cm³/mol. The first-order valence-electron chi connectivity index (χ1n) is 6.29. The number of ether oxygens (including phenoxy) is 1. The molecule has 0 aliphatic heterocycles. The molecule has 0 spiro atoms. The highest BCUT2D eigenvalue weighted by molar-refractivity contribution is 7.71. The fourth-order valence-electron chi connectivity index (χ4n) is 2.22. The van der Waals surface area contributed by atoms with Gasteiger partial charge < -0.3 is 14.3 Å². The van der Waals surface area contributed by atoms with Crippen LogP contribution < -0.4 is 4.74 Å². The summed E-state index contributed by atoms with van der Waals surface area (Å²) in [6.45, 7) is 0.546. The summed E-state index contributed by atoms with van der Waals surface area (Å²) in [6, 6.07) is 10.6. The van der Waals surface area contributed by atoms with E-state index in [0.29, 0.717) is 16.8 Å². The van der Waals surface area contributed by atoms with Crippen molar-refractivity contribution >= 4 is 34.9 Å². The van der Waals surface area contributed by atoms with Crippen LogP contribution >= 0.6 is 23.8 Å². The van der Waals surface area contributed by atoms with E-state index in [1.54, 1.807) is 13.2 Å². The summed E-state index contributed by atoms with van der Waals surface area (Å²) >= 11 is 11.1. The third-order valence-corrected chi connectivity index (χ3v) is 3.93. The standard InChI is InChI=1S/C15H12ClFN2OS/c1-20-10-4-2-9(3-5-10)8-19-14-7-12(17)11(16)6-13(14)18-15(19)21/h2-7H,8H2,1H3,(H,18,21). The highest BCUT2D eigenvalue weighted by Gasteiger charge is 2.09. The number of methoxy groups -OCH3 is 1. The van der Waals surface area contributed by atoms with Crippen molar-refractivity contribution in [3.05, 3.63) is 57.6 Å². The second kappa shape index (κ2) is 5.50. The lowest BCUT2D eigenvalue weighted by molar-refractivity contribution is 0.414. The van der Waals surface area contributed by atoms with Gasteiger partial charge in [0.1, 0.15) is 11.6 Å². The largest absolute Gasteiger partial charge is 0.497 e. The number of nitrogens with one attached hydrogen (secondary N) is 1. The first-order chi connectivity index (χ1) is 10.1. The van der Waals surface area contributed by atoms with Crippen LogP contribution in [0.25, 0.3) is 11.0 Å². The molecule has 3 nitrogen and oxygen atoms in total. The highest BCUT2D eigenvalue weighted by Crippen LogP contribution is 2.23. The number of imidazole rings is 1. The molecule has 0 fully saturated rings. The Hall–Kier alpha value is -1.85. The number of nitrogens with zero attached hydrogens (tertiary/aromatic N) is 1. The van der Waals surface area contributed by atoms with Gasteiger partial charge in [0.05, 0.1) is 29.7 Å². The number of benzene rings is 2. The zero-order valence-corrected chi connectivity index (χ0v) is 12.8. The zero-order valence-electron chi connectivity index (χ0n) is 11.2. The van der Waals surface area contributed by atoms with Gasteiger partial charge >= 0.3 is 0 Å². The van der Waals surface area contributed by atoms with Crippen molar-refractivity contribution in [2.75, 3.05) is 7.11 Å². The van der Waals surface area contributed by atoms with Gasteiger partial charge in [0, 0.05) is 6.07 Å². The van der Waals surface area contributed by atoms with Crippen molar-refractivity contribution < 1.29 is 9.13 Å². The zero-order chi connectivity index (χ0) is 15.0. The Morgan fingerprint density at radius 2 is 2.00 bits per heavy atom. The van der Waals surface area contributed by atoms with Crippen LogP contribution in [-0.4, -0.2) is 16.7 Å². The van der Waals surface area contributed by atoms with Gasteiger partial charge in [-0.1, -0.05) is 23.7 Å². The fourth-order valence-corrected chi connectivity index (χ4v) is 2.66. The smallest absolute Gasteiger partial charge is 0.178 e. The lowest BCUT2D eigenvalue weighted by Gasteiger charge is -2.06. The van der Waals surface area contributed by atoms with Crippen molar-refractivity contribution in [1.29, 1.82) is 0 Å². The molecule has 0 aliphatic rings. The Kier molecular flexibility index (Phi) is 3.69. The van der Waals surface area contributed by atoms with Gasteiger partial charge in [0.2, 0.25) is 0 Å². The van der Waals surface area contributed by atoms with Crippen LogP contribution in [0.1, 0.15) is 5.56 Å². The van der Waals surface area contributed by atoms with Gasteiger partial charge in [-0.3, -0.25) is 0 Å². The predicted octanol–water partition coefficient (Wildman–Crippen LogP) is 4.55. The average Bonchev–Trinajstić information content (AvgIpc) is 2.76. The highest BCUT2D eigenvalue weighted by atomic mass is 35.5. The van der Waals surface area contributed by atoms with Gasteiger partial charge in [-0.15, -0.1) is 0 Å². The van der Waals surface area contributed by atoms with Gasteiger partial charge in [-0.25, -0.2) is 4.39 Å². The number of hydrogen-bond donors (Lipinski definition) is 1. The first kappa shape index (κ1) is 14.1. The van der Waals surface area contributed by atoms with Crippen LogP contribution in [0.5, 0.6) is 5.75 Å². The van der Waals surface area contributed by atoms with E-state index < -0.39 is 5.82 Å². The van der Waals surface area contributed by atoms with Crippen LogP contribution in [0, 0.1) is 10.6 Å². The molecule has 0 unspecified atom stereocenters. The Labute approximate surface area is 130 Å². The van der Waals surface area contributed by atoms with E-state index >= 15 is 0 Å². The maximum atomic E-state index is 13.7. The molecule has 0 saturated carbocycles.